The van der Waals surface area contributed by atoms with E-state index in [0.29, 0.717) is 79.5 Å². The smallest absolute Gasteiger partial charge is 0.225 e. The summed E-state index contributed by atoms with van der Waals surface area (Å²) < 4.78 is 17.8. The number of aromatic carboxylic acids is 2. The van der Waals surface area contributed by atoms with E-state index in [9.17, 15) is 43.4 Å². The lowest BCUT2D eigenvalue weighted by Crippen LogP contribution is -2.31. The van der Waals surface area contributed by atoms with E-state index in [1.807, 2.05) is 23.6 Å². The van der Waals surface area contributed by atoms with Crippen LogP contribution in [0.25, 0.3) is 21.8 Å². The van der Waals surface area contributed by atoms with Gasteiger partial charge in [-0.15, -0.1) is 46.4 Å². The molecule has 0 aliphatic carbocycles. The first kappa shape index (κ1) is 49.1. The fourth-order valence-electron chi connectivity index (χ4n) is 6.14. The monoisotopic (exact) mass is 898 g/mol. The van der Waals surface area contributed by atoms with Gasteiger partial charge in [0.1, 0.15) is 5.82 Å². The molecule has 0 bridgehead atoms. The summed E-state index contributed by atoms with van der Waals surface area (Å²) in [5, 5.41) is 28.0. The van der Waals surface area contributed by atoms with Crippen molar-refractivity contribution in [3.05, 3.63) is 80.1 Å². The van der Waals surface area contributed by atoms with Gasteiger partial charge in [0.25, 0.3) is 0 Å². The van der Waals surface area contributed by atoms with Crippen molar-refractivity contribution in [2.24, 2.45) is 0 Å². The molecule has 19 heteroatoms. The van der Waals surface area contributed by atoms with Crippen LogP contribution < -0.4 is 31.7 Å². The van der Waals surface area contributed by atoms with Crippen LogP contribution in [0.4, 0.5) is 15.8 Å². The lowest BCUT2D eigenvalue weighted by molar-refractivity contribution is -0.256. The number of nitrogens with one attached hydrogen (secondary N) is 2. The molecule has 0 radical (unpaired) electrons. The van der Waals surface area contributed by atoms with Crippen molar-refractivity contribution < 1.29 is 33.8 Å². The van der Waals surface area contributed by atoms with E-state index in [1.165, 1.54) is 29.1 Å². The predicted molar refractivity (Wildman–Crippen MR) is 228 cm³/mol. The molecule has 0 spiro atoms. The summed E-state index contributed by atoms with van der Waals surface area (Å²) in [6, 6.07) is 6.72. The Morgan fingerprint density at radius 3 is 1.49 bits per heavy atom. The number of aromatic nitrogens is 2. The minimum Gasteiger partial charge on any atom is -0.545 e. The fraction of sp³-hybridized carbons (Fsp3) is 0.450. The van der Waals surface area contributed by atoms with Gasteiger partial charge in [-0.3, -0.25) is 19.2 Å². The lowest BCUT2D eigenvalue weighted by Gasteiger charge is -2.20. The Morgan fingerprint density at radius 2 is 1.07 bits per heavy atom. The standard InChI is InChI=1S/C20H24Cl2FN3O4.C20H25Cl2N3O4/c1-12(2)26-11-14(20(29)30)19(28)13-9-15(23)16(10-17(13)26)24-18(27)3-6-25(7-4-21)8-5-22;1-13(2)25-12-16(20(28)29)19(27)15-4-3-14(11-17(15)25)23-18(26)5-8-24(9-6-21)10-7-22/h9-12H,3-8H2,1-2H3,(H,24,27)(H,29,30);3-4,11-13H,5-10H2,1-2H3,(H,23,26)(H,28,29)/p-2. The number of alkyl halides is 4. The average molecular weight is 901 g/mol. The van der Waals surface area contributed by atoms with Crippen molar-refractivity contribution in [3.63, 3.8) is 0 Å². The van der Waals surface area contributed by atoms with E-state index in [1.54, 1.807) is 30.5 Å². The first-order valence-corrected chi connectivity index (χ1v) is 20.9. The van der Waals surface area contributed by atoms with Crippen molar-refractivity contribution in [1.29, 1.82) is 0 Å². The zero-order chi connectivity index (χ0) is 44.0. The van der Waals surface area contributed by atoms with Gasteiger partial charge in [0.05, 0.1) is 39.8 Å². The van der Waals surface area contributed by atoms with Crippen LogP contribution in [0, 0.1) is 5.82 Å². The molecule has 0 fully saturated rings. The van der Waals surface area contributed by atoms with Crippen LogP contribution in [0.2, 0.25) is 0 Å². The number of carboxylic acid groups (broad SMARTS) is 2. The van der Waals surface area contributed by atoms with E-state index in [-0.39, 0.29) is 52.9 Å². The highest BCUT2D eigenvalue weighted by atomic mass is 35.5. The Morgan fingerprint density at radius 1 is 0.644 bits per heavy atom. The van der Waals surface area contributed by atoms with Crippen molar-refractivity contribution in [2.45, 2.75) is 52.6 Å². The summed E-state index contributed by atoms with van der Waals surface area (Å²) in [5.74, 6) is -2.84. The van der Waals surface area contributed by atoms with Gasteiger partial charge in [-0.2, -0.15) is 0 Å². The third-order valence-corrected chi connectivity index (χ3v) is 9.85. The number of carboxylic acids is 2. The number of hydrogen-bond acceptors (Lipinski definition) is 10. The number of carbonyl (C=O) groups is 4. The van der Waals surface area contributed by atoms with Gasteiger partial charge < -0.3 is 49.4 Å². The van der Waals surface area contributed by atoms with Crippen LogP contribution in [-0.2, 0) is 9.59 Å². The summed E-state index contributed by atoms with van der Waals surface area (Å²) in [4.78, 5) is 76.0. The molecule has 0 aliphatic heterocycles. The summed E-state index contributed by atoms with van der Waals surface area (Å²) in [7, 11) is 0. The SMILES string of the molecule is CC(C)n1cc(C(=O)[O-])c(=O)c2cc(F)c(NC(=O)CCN(CCCl)CCCl)cc21.CC(C)n1cc(C(=O)[O-])c(=O)c2ccc(NC(=O)CCN(CCCl)CCCl)cc21. The average Bonchev–Trinajstić information content (AvgIpc) is 3.17. The Kier molecular flexibility index (Phi) is 19.6. The second-order valence-electron chi connectivity index (χ2n) is 13.9. The molecule has 2 amide bonds. The number of halogens is 5. The number of benzene rings is 2. The molecule has 0 saturated carbocycles. The predicted octanol–water partition coefficient (Wildman–Crippen LogP) is 4.25. The molecule has 2 N–H and O–H groups in total. The number of fused-ring (bicyclic) bond motifs is 2. The van der Waals surface area contributed by atoms with Gasteiger partial charge in [0.15, 0.2) is 10.9 Å². The van der Waals surface area contributed by atoms with E-state index >= 15 is 0 Å². The summed E-state index contributed by atoms with van der Waals surface area (Å²) in [5.41, 5.74) is -1.10. The molecular formula is C40H47Cl4FN6O8-2. The number of amides is 2. The number of rotatable bonds is 20. The second kappa shape index (κ2) is 23.5. The number of pyridine rings is 2. The highest BCUT2D eigenvalue weighted by Gasteiger charge is 2.18. The Balaban J connectivity index is 0.000000316. The summed E-state index contributed by atoms with van der Waals surface area (Å²) in [6.45, 7) is 10.7. The largest absolute Gasteiger partial charge is 0.545 e. The number of anilines is 2. The van der Waals surface area contributed by atoms with E-state index in [0.717, 1.165) is 6.07 Å². The molecule has 0 aliphatic rings. The molecule has 4 aromatic rings. The minimum absolute atomic E-state index is 0.0938. The first-order valence-electron chi connectivity index (χ1n) is 18.8. The second-order valence-corrected chi connectivity index (χ2v) is 15.4. The molecule has 59 heavy (non-hydrogen) atoms. The summed E-state index contributed by atoms with van der Waals surface area (Å²) >= 11 is 23.0. The van der Waals surface area contributed by atoms with Crippen molar-refractivity contribution in [2.75, 3.05) is 73.4 Å². The maximum absolute atomic E-state index is 14.6. The number of carbonyl (C=O) groups excluding carboxylic acids is 4. The van der Waals surface area contributed by atoms with Gasteiger partial charge in [0, 0.05) is 117 Å². The zero-order valence-electron chi connectivity index (χ0n) is 33.1. The molecule has 322 valence electrons. The van der Waals surface area contributed by atoms with E-state index in [2.05, 4.69) is 10.6 Å². The van der Waals surface area contributed by atoms with Crippen LogP contribution in [0.5, 0.6) is 0 Å². The minimum atomic E-state index is -1.63. The molecule has 0 saturated heterocycles. The van der Waals surface area contributed by atoms with Crippen LogP contribution in [-0.4, -0.2) is 105 Å². The van der Waals surface area contributed by atoms with Gasteiger partial charge in [0.2, 0.25) is 11.8 Å². The normalized spacial score (nSPS) is 11.4. The molecule has 14 nitrogen and oxygen atoms in total. The highest BCUT2D eigenvalue weighted by molar-refractivity contribution is 6.18. The topological polar surface area (TPSA) is 189 Å². The molecule has 4 rings (SSSR count). The molecule has 0 unspecified atom stereocenters. The van der Waals surface area contributed by atoms with E-state index < -0.39 is 40.1 Å². The van der Waals surface area contributed by atoms with Gasteiger partial charge in [-0.25, -0.2) is 4.39 Å². The van der Waals surface area contributed by atoms with Crippen LogP contribution in [0.15, 0.2) is 52.3 Å². The molecule has 0 atom stereocenters. The Hall–Kier alpha value is -4.25. The van der Waals surface area contributed by atoms with Gasteiger partial charge in [-0.05, 0) is 58.0 Å². The molecular weight excluding hydrogens is 853 g/mol. The van der Waals surface area contributed by atoms with Crippen molar-refractivity contribution >= 4 is 103 Å². The third-order valence-electron chi connectivity index (χ3n) is 9.18. The van der Waals surface area contributed by atoms with Crippen LogP contribution >= 0.6 is 46.4 Å². The maximum atomic E-state index is 14.6. The van der Waals surface area contributed by atoms with Crippen LogP contribution in [0.1, 0.15) is 73.3 Å². The lowest BCUT2D eigenvalue weighted by atomic mass is 10.1. The quantitative estimate of drug-likeness (QED) is 0.122. The van der Waals surface area contributed by atoms with Crippen molar-refractivity contribution in [1.82, 2.24) is 18.9 Å². The number of nitrogens with zero attached hydrogens (tertiary/aromatic N) is 4. The maximum Gasteiger partial charge on any atom is 0.225 e. The number of hydrogen-bond donors (Lipinski definition) is 2. The van der Waals surface area contributed by atoms with Gasteiger partial charge in [-0.1, -0.05) is 0 Å². The van der Waals surface area contributed by atoms with Crippen molar-refractivity contribution in [3.8, 4) is 0 Å². The molecule has 2 aromatic heterocycles. The fourth-order valence-corrected chi connectivity index (χ4v) is 7.10. The Bertz CT molecular complexity index is 2240. The zero-order valence-corrected chi connectivity index (χ0v) is 36.1. The summed E-state index contributed by atoms with van der Waals surface area (Å²) in [6.07, 6.45) is 2.83. The third kappa shape index (κ3) is 13.6. The highest BCUT2D eigenvalue weighted by Crippen LogP contribution is 2.25. The van der Waals surface area contributed by atoms with E-state index in [4.69, 9.17) is 46.4 Å². The van der Waals surface area contributed by atoms with Gasteiger partial charge >= 0.3 is 0 Å². The molecule has 2 aromatic carbocycles. The molecule has 2 heterocycles. The van der Waals surface area contributed by atoms with Crippen LogP contribution in [0.3, 0.4) is 0 Å². The first-order chi connectivity index (χ1) is 28.0. The Labute approximate surface area is 360 Å².